The van der Waals surface area contributed by atoms with Gasteiger partial charge < -0.3 is 14.2 Å². The van der Waals surface area contributed by atoms with Crippen LogP contribution in [0.2, 0.25) is 0 Å². The van der Waals surface area contributed by atoms with Crippen molar-refractivity contribution in [2.75, 3.05) is 6.61 Å². The molecule has 5 aliphatic rings. The number of hydrogen-bond acceptors (Lipinski definition) is 6. The topological polar surface area (TPSA) is 78.9 Å². The predicted octanol–water partition coefficient (Wildman–Crippen LogP) is 7.74. The Balaban J connectivity index is 1.55. The fourth-order valence-electron chi connectivity index (χ4n) is 10.9. The van der Waals surface area contributed by atoms with Gasteiger partial charge in [0.05, 0.1) is 0 Å². The maximum Gasteiger partial charge on any atom is 0.302 e. The molecule has 42 heavy (non-hydrogen) atoms. The first-order valence-corrected chi connectivity index (χ1v) is 16.2. The van der Waals surface area contributed by atoms with Gasteiger partial charge in [-0.05, 0) is 84.9 Å². The highest BCUT2D eigenvalue weighted by Gasteiger charge is 2.67. The molecule has 0 spiro atoms. The number of esters is 3. The highest BCUT2D eigenvalue weighted by Crippen LogP contribution is 2.74. The lowest BCUT2D eigenvalue weighted by molar-refractivity contribution is -0.181. The number of ether oxygens (including phenoxy) is 3. The minimum absolute atomic E-state index is 0.00802. The molecule has 0 radical (unpaired) electrons. The van der Waals surface area contributed by atoms with Gasteiger partial charge in [-0.15, -0.1) is 0 Å². The minimum Gasteiger partial charge on any atom is -0.465 e. The first kappa shape index (κ1) is 31.3. The second-order valence-corrected chi connectivity index (χ2v) is 16.5. The van der Waals surface area contributed by atoms with E-state index in [1.165, 1.54) is 26.3 Å². The Kier molecular flexibility index (Phi) is 7.42. The zero-order chi connectivity index (χ0) is 31.1. The van der Waals surface area contributed by atoms with Crippen LogP contribution in [-0.2, 0) is 28.6 Å². The van der Waals surface area contributed by atoms with Gasteiger partial charge in [0.15, 0.2) is 0 Å². The first-order chi connectivity index (χ1) is 19.3. The predicted molar refractivity (Wildman–Crippen MR) is 162 cm³/mol. The summed E-state index contributed by atoms with van der Waals surface area (Å²) >= 11 is 0. The maximum atomic E-state index is 12.2. The molecule has 0 aliphatic heterocycles. The number of allylic oxidation sites excluding steroid dienone is 4. The first-order valence-electron chi connectivity index (χ1n) is 16.2. The van der Waals surface area contributed by atoms with Crippen molar-refractivity contribution in [1.29, 1.82) is 0 Å². The molecule has 0 amide bonds. The summed E-state index contributed by atoms with van der Waals surface area (Å²) < 4.78 is 17.5. The number of carbonyl (C=O) groups is 3. The molecule has 0 N–H and O–H groups in total. The van der Waals surface area contributed by atoms with Crippen LogP contribution < -0.4 is 0 Å². The zero-order valence-corrected chi connectivity index (χ0v) is 27.8. The molecule has 6 nitrogen and oxygen atoms in total. The summed E-state index contributed by atoms with van der Waals surface area (Å²) in [6, 6.07) is 0. The summed E-state index contributed by atoms with van der Waals surface area (Å²) in [5.41, 5.74) is 2.69. The number of carbonyl (C=O) groups excluding carboxylic acids is 3. The molecule has 9 atom stereocenters. The monoisotopic (exact) mass is 582 g/mol. The van der Waals surface area contributed by atoms with Gasteiger partial charge in [-0.25, -0.2) is 0 Å². The van der Waals surface area contributed by atoms with E-state index in [0.29, 0.717) is 11.8 Å². The Labute approximate surface area is 253 Å². The van der Waals surface area contributed by atoms with Crippen molar-refractivity contribution in [2.24, 2.45) is 44.3 Å². The number of fused-ring (bicyclic) bond motifs is 7. The lowest BCUT2D eigenvalue weighted by Gasteiger charge is -2.69. The molecule has 6 heteroatoms. The summed E-state index contributed by atoms with van der Waals surface area (Å²) in [7, 11) is 0. The lowest BCUT2D eigenvalue weighted by Crippen LogP contribution is -2.62. The molecule has 5 rings (SSSR count). The summed E-state index contributed by atoms with van der Waals surface area (Å²) in [4.78, 5) is 36.0. The van der Waals surface area contributed by atoms with Gasteiger partial charge in [0.1, 0.15) is 18.8 Å². The standard InChI is InChI=1S/C36H54O6/c1-22(37)40-21-33(7)19-26-25-11-12-28-34(8)15-14-29(41-23(2)38)31(4,5)27(34)13-16-36(28,10)35(25,9)18-17-32(26,6)20-30(33)42-24(3)39/h11-12,26-27,29-30H,13-21H2,1-10H3/t26-,27-,29-,30+,32-,33+,34-,35+,36+/m0/s1. The Morgan fingerprint density at radius 3 is 2.00 bits per heavy atom. The molecule has 4 fully saturated rings. The molecule has 0 heterocycles. The highest BCUT2D eigenvalue weighted by atomic mass is 16.6. The van der Waals surface area contributed by atoms with Crippen LogP contribution in [0.5, 0.6) is 0 Å². The molecule has 234 valence electrons. The Morgan fingerprint density at radius 2 is 1.38 bits per heavy atom. The van der Waals surface area contributed by atoms with Crippen LogP contribution >= 0.6 is 0 Å². The summed E-state index contributed by atoms with van der Waals surface area (Å²) in [5.74, 6) is 0.0163. The largest absolute Gasteiger partial charge is 0.465 e. The van der Waals surface area contributed by atoms with Crippen molar-refractivity contribution in [2.45, 2.75) is 133 Å². The van der Waals surface area contributed by atoms with Gasteiger partial charge >= 0.3 is 17.9 Å². The average molecular weight is 583 g/mol. The van der Waals surface area contributed by atoms with Crippen molar-refractivity contribution in [1.82, 2.24) is 0 Å². The molecule has 4 saturated carbocycles. The van der Waals surface area contributed by atoms with Crippen molar-refractivity contribution in [3.05, 3.63) is 23.3 Å². The SMILES string of the molecule is CC(=O)OC[C@@]1(C)C[C@H]2C3=CC=C4[C@@]5(C)CC[C@H](OC(C)=O)C(C)(C)[C@@H]5CC[C@@]4(C)[C@]3(C)CC[C@@]2(C)C[C@H]1OC(C)=O. The fraction of sp³-hybridized carbons (Fsp3) is 0.806. The third kappa shape index (κ3) is 4.51. The van der Waals surface area contributed by atoms with Gasteiger partial charge in [0.2, 0.25) is 0 Å². The molecule has 0 bridgehead atoms. The molecule has 0 aromatic heterocycles. The Bertz CT molecular complexity index is 1230. The third-order valence-corrected chi connectivity index (χ3v) is 13.6. The minimum atomic E-state index is -0.450. The molecule has 5 aliphatic carbocycles. The molecule has 0 unspecified atom stereocenters. The maximum absolute atomic E-state index is 12.2. The lowest BCUT2D eigenvalue weighted by atomic mass is 9.36. The van der Waals surface area contributed by atoms with Gasteiger partial charge in [-0.3, -0.25) is 14.4 Å². The van der Waals surface area contributed by atoms with E-state index in [-0.39, 0.29) is 63.8 Å². The van der Waals surface area contributed by atoms with E-state index < -0.39 is 5.41 Å². The summed E-state index contributed by atoms with van der Waals surface area (Å²) in [5, 5.41) is 0. The number of hydrogen-bond donors (Lipinski definition) is 0. The van der Waals surface area contributed by atoms with E-state index in [4.69, 9.17) is 14.2 Å². The van der Waals surface area contributed by atoms with Crippen LogP contribution in [0.1, 0.15) is 121 Å². The molecular weight excluding hydrogens is 528 g/mol. The van der Waals surface area contributed by atoms with E-state index in [1.807, 2.05) is 0 Å². The van der Waals surface area contributed by atoms with Crippen LogP contribution in [0, 0.1) is 44.3 Å². The Hall–Kier alpha value is -2.11. The van der Waals surface area contributed by atoms with Crippen molar-refractivity contribution < 1.29 is 28.6 Å². The van der Waals surface area contributed by atoms with Gasteiger partial charge in [0.25, 0.3) is 0 Å². The second-order valence-electron chi connectivity index (χ2n) is 16.5. The van der Waals surface area contributed by atoms with Crippen LogP contribution in [0.25, 0.3) is 0 Å². The van der Waals surface area contributed by atoms with Crippen molar-refractivity contribution >= 4 is 17.9 Å². The van der Waals surface area contributed by atoms with E-state index in [9.17, 15) is 14.4 Å². The fourth-order valence-corrected chi connectivity index (χ4v) is 10.9. The van der Waals surface area contributed by atoms with Gasteiger partial charge in [0, 0.05) is 31.6 Å². The van der Waals surface area contributed by atoms with Gasteiger partial charge in [-0.1, -0.05) is 71.8 Å². The molecule has 0 saturated heterocycles. The van der Waals surface area contributed by atoms with Crippen LogP contribution in [0.4, 0.5) is 0 Å². The second kappa shape index (κ2) is 9.95. The van der Waals surface area contributed by atoms with Crippen LogP contribution in [-0.4, -0.2) is 36.7 Å². The van der Waals surface area contributed by atoms with Gasteiger partial charge in [-0.2, -0.15) is 0 Å². The molecular formula is C36H54O6. The summed E-state index contributed by atoms with van der Waals surface area (Å²) in [6.07, 6.45) is 12.6. The van der Waals surface area contributed by atoms with Crippen molar-refractivity contribution in [3.63, 3.8) is 0 Å². The smallest absolute Gasteiger partial charge is 0.302 e. The zero-order valence-electron chi connectivity index (χ0n) is 27.8. The molecule has 0 aromatic rings. The number of rotatable bonds is 4. The van der Waals surface area contributed by atoms with Crippen LogP contribution in [0.15, 0.2) is 23.3 Å². The molecule has 0 aromatic carbocycles. The quantitative estimate of drug-likeness (QED) is 0.249. The normalized spacial score (nSPS) is 45.5. The van der Waals surface area contributed by atoms with E-state index in [1.54, 1.807) is 5.57 Å². The average Bonchev–Trinajstić information content (AvgIpc) is 2.86. The van der Waals surface area contributed by atoms with E-state index in [2.05, 4.69) is 60.6 Å². The third-order valence-electron chi connectivity index (χ3n) is 13.6. The van der Waals surface area contributed by atoms with E-state index in [0.717, 1.165) is 51.4 Å². The Morgan fingerprint density at radius 1 is 0.738 bits per heavy atom. The highest BCUT2D eigenvalue weighted by molar-refractivity contribution is 5.67. The summed E-state index contributed by atoms with van der Waals surface area (Å²) in [6.45, 7) is 21.4. The van der Waals surface area contributed by atoms with E-state index >= 15 is 0 Å². The van der Waals surface area contributed by atoms with Crippen molar-refractivity contribution in [3.8, 4) is 0 Å². The van der Waals surface area contributed by atoms with Crippen LogP contribution in [0.3, 0.4) is 0 Å².